The average molecular weight is 280 g/mol. The van der Waals surface area contributed by atoms with Crippen LogP contribution in [0.2, 0.25) is 5.02 Å². The summed E-state index contributed by atoms with van der Waals surface area (Å²) in [4.78, 5) is 15.5. The maximum absolute atomic E-state index is 13.4. The molecule has 0 saturated carbocycles. The molecule has 0 spiro atoms. The van der Waals surface area contributed by atoms with Gasteiger partial charge in [-0.1, -0.05) is 17.7 Å². The van der Waals surface area contributed by atoms with Crippen LogP contribution in [-0.4, -0.2) is 11.0 Å². The Kier molecular flexibility index (Phi) is 4.30. The third-order valence-electron chi connectivity index (χ3n) is 2.40. The molecular weight excluding hydrogens is 269 g/mol. The third-order valence-corrected chi connectivity index (χ3v) is 2.72. The molecule has 6 heteroatoms. The van der Waals surface area contributed by atoms with Crippen molar-refractivity contribution in [3.05, 3.63) is 59.1 Å². The minimum atomic E-state index is -0.577. The Bertz CT molecular complexity index is 557. The standard InChI is InChI=1S/C13H11ClFN3O/c14-10-2-1-3-11(15)12(10)18-13(19)17-8-9-4-6-16-7-5-9/h1-7H,8H2,(H2,17,18,19). The van der Waals surface area contributed by atoms with Gasteiger partial charge in [0, 0.05) is 18.9 Å². The Balaban J connectivity index is 1.95. The molecular formula is C13H11ClFN3O. The monoisotopic (exact) mass is 279 g/mol. The van der Waals surface area contributed by atoms with E-state index in [1.807, 2.05) is 0 Å². The summed E-state index contributed by atoms with van der Waals surface area (Å²) >= 11 is 5.80. The van der Waals surface area contributed by atoms with Crippen molar-refractivity contribution in [1.82, 2.24) is 10.3 Å². The van der Waals surface area contributed by atoms with Crippen LogP contribution in [0.15, 0.2) is 42.7 Å². The molecule has 0 atom stereocenters. The Morgan fingerprint density at radius 3 is 2.68 bits per heavy atom. The fourth-order valence-corrected chi connectivity index (χ4v) is 1.67. The highest BCUT2D eigenvalue weighted by atomic mass is 35.5. The van der Waals surface area contributed by atoms with Crippen LogP contribution < -0.4 is 10.6 Å². The van der Waals surface area contributed by atoms with E-state index in [1.54, 1.807) is 24.5 Å². The second-order valence-corrected chi connectivity index (χ2v) is 4.17. The second-order valence-electron chi connectivity index (χ2n) is 3.76. The first-order valence-electron chi connectivity index (χ1n) is 5.54. The van der Waals surface area contributed by atoms with E-state index in [1.165, 1.54) is 18.2 Å². The number of para-hydroxylation sites is 1. The van der Waals surface area contributed by atoms with E-state index in [9.17, 15) is 9.18 Å². The molecule has 0 aliphatic heterocycles. The fourth-order valence-electron chi connectivity index (χ4n) is 1.46. The summed E-state index contributed by atoms with van der Waals surface area (Å²) in [6, 6.07) is 7.22. The lowest BCUT2D eigenvalue weighted by molar-refractivity contribution is 0.251. The highest BCUT2D eigenvalue weighted by molar-refractivity contribution is 6.33. The number of urea groups is 1. The van der Waals surface area contributed by atoms with Gasteiger partial charge in [-0.25, -0.2) is 9.18 Å². The lowest BCUT2D eigenvalue weighted by Gasteiger charge is -2.09. The van der Waals surface area contributed by atoms with Crippen LogP contribution in [0.4, 0.5) is 14.9 Å². The molecule has 0 bridgehead atoms. The molecule has 2 N–H and O–H groups in total. The van der Waals surface area contributed by atoms with E-state index in [0.717, 1.165) is 5.56 Å². The Hall–Kier alpha value is -2.14. The molecule has 19 heavy (non-hydrogen) atoms. The number of anilines is 1. The van der Waals surface area contributed by atoms with Gasteiger partial charge >= 0.3 is 6.03 Å². The second kappa shape index (κ2) is 6.15. The number of hydrogen-bond donors (Lipinski definition) is 2. The molecule has 0 radical (unpaired) electrons. The van der Waals surface area contributed by atoms with Gasteiger partial charge in [-0.15, -0.1) is 0 Å². The largest absolute Gasteiger partial charge is 0.334 e. The van der Waals surface area contributed by atoms with E-state index >= 15 is 0 Å². The fraction of sp³-hybridized carbons (Fsp3) is 0.0769. The highest BCUT2D eigenvalue weighted by Gasteiger charge is 2.09. The summed E-state index contributed by atoms with van der Waals surface area (Å²) in [5.74, 6) is -0.577. The SMILES string of the molecule is O=C(NCc1ccncc1)Nc1c(F)cccc1Cl. The number of nitrogens with zero attached hydrogens (tertiary/aromatic N) is 1. The maximum Gasteiger partial charge on any atom is 0.319 e. The van der Waals surface area contributed by atoms with Gasteiger partial charge in [0.15, 0.2) is 0 Å². The van der Waals surface area contributed by atoms with Crippen molar-refractivity contribution in [2.75, 3.05) is 5.32 Å². The van der Waals surface area contributed by atoms with Crippen molar-refractivity contribution < 1.29 is 9.18 Å². The molecule has 1 aromatic heterocycles. The molecule has 2 rings (SSSR count). The van der Waals surface area contributed by atoms with Crippen molar-refractivity contribution in [3.8, 4) is 0 Å². The molecule has 0 fully saturated rings. The van der Waals surface area contributed by atoms with Gasteiger partial charge in [-0.05, 0) is 29.8 Å². The first-order chi connectivity index (χ1) is 9.16. The van der Waals surface area contributed by atoms with Gasteiger partial charge in [-0.3, -0.25) is 4.98 Å². The smallest absolute Gasteiger partial charge is 0.319 e. The van der Waals surface area contributed by atoms with Gasteiger partial charge in [0.2, 0.25) is 0 Å². The summed E-state index contributed by atoms with van der Waals surface area (Å²) in [7, 11) is 0. The summed E-state index contributed by atoms with van der Waals surface area (Å²) in [6.07, 6.45) is 3.26. The van der Waals surface area contributed by atoms with Crippen LogP contribution in [0.25, 0.3) is 0 Å². The first-order valence-corrected chi connectivity index (χ1v) is 5.92. The summed E-state index contributed by atoms with van der Waals surface area (Å²) in [5, 5.41) is 5.13. The van der Waals surface area contributed by atoms with Crippen LogP contribution in [0.3, 0.4) is 0 Å². The van der Waals surface area contributed by atoms with Crippen LogP contribution in [-0.2, 0) is 6.54 Å². The number of pyridine rings is 1. The predicted octanol–water partition coefficient (Wildman–Crippen LogP) is 3.20. The van der Waals surface area contributed by atoms with E-state index in [0.29, 0.717) is 6.54 Å². The molecule has 0 unspecified atom stereocenters. The van der Waals surface area contributed by atoms with Crippen LogP contribution in [0, 0.1) is 5.82 Å². The number of carbonyl (C=O) groups is 1. The minimum Gasteiger partial charge on any atom is -0.334 e. The number of carbonyl (C=O) groups excluding carboxylic acids is 1. The molecule has 98 valence electrons. The maximum atomic E-state index is 13.4. The Labute approximate surface area is 114 Å². The average Bonchev–Trinajstić information content (AvgIpc) is 2.42. The first kappa shape index (κ1) is 13.3. The number of benzene rings is 1. The van der Waals surface area contributed by atoms with Crippen molar-refractivity contribution >= 4 is 23.3 Å². The van der Waals surface area contributed by atoms with Crippen LogP contribution in [0.5, 0.6) is 0 Å². The van der Waals surface area contributed by atoms with Crippen molar-refractivity contribution in [2.24, 2.45) is 0 Å². The van der Waals surface area contributed by atoms with Gasteiger partial charge in [-0.2, -0.15) is 0 Å². The number of hydrogen-bond acceptors (Lipinski definition) is 2. The van der Waals surface area contributed by atoms with E-state index in [-0.39, 0.29) is 10.7 Å². The predicted molar refractivity (Wildman–Crippen MR) is 71.5 cm³/mol. The van der Waals surface area contributed by atoms with Crippen molar-refractivity contribution in [2.45, 2.75) is 6.54 Å². The minimum absolute atomic E-state index is 0.0311. The molecule has 2 aromatic rings. The zero-order valence-electron chi connectivity index (χ0n) is 9.86. The number of amides is 2. The normalized spacial score (nSPS) is 10.0. The number of nitrogens with one attached hydrogen (secondary N) is 2. The molecule has 1 heterocycles. The van der Waals surface area contributed by atoms with E-state index in [2.05, 4.69) is 15.6 Å². The molecule has 1 aromatic carbocycles. The van der Waals surface area contributed by atoms with Crippen LogP contribution >= 0.6 is 11.6 Å². The highest BCUT2D eigenvalue weighted by Crippen LogP contribution is 2.24. The van der Waals surface area contributed by atoms with Gasteiger partial charge in [0.05, 0.1) is 10.7 Å². The number of halogens is 2. The summed E-state index contributed by atoms with van der Waals surface area (Å²) < 4.78 is 13.4. The van der Waals surface area contributed by atoms with Crippen molar-refractivity contribution in [3.63, 3.8) is 0 Å². The van der Waals surface area contributed by atoms with Crippen molar-refractivity contribution in [1.29, 1.82) is 0 Å². The molecule has 0 saturated heterocycles. The molecule has 4 nitrogen and oxygen atoms in total. The van der Waals surface area contributed by atoms with Gasteiger partial charge in [0.25, 0.3) is 0 Å². The van der Waals surface area contributed by atoms with Gasteiger partial charge < -0.3 is 10.6 Å². The number of rotatable bonds is 3. The molecule has 2 amide bonds. The zero-order chi connectivity index (χ0) is 13.7. The molecule has 0 aliphatic rings. The zero-order valence-corrected chi connectivity index (χ0v) is 10.6. The molecule has 0 aliphatic carbocycles. The summed E-state index contributed by atoms with van der Waals surface area (Å²) in [6.45, 7) is 0.320. The Morgan fingerprint density at radius 2 is 2.00 bits per heavy atom. The lowest BCUT2D eigenvalue weighted by atomic mass is 10.3. The van der Waals surface area contributed by atoms with Gasteiger partial charge in [0.1, 0.15) is 5.82 Å². The lowest BCUT2D eigenvalue weighted by Crippen LogP contribution is -2.28. The quantitative estimate of drug-likeness (QED) is 0.906. The number of aromatic nitrogens is 1. The summed E-state index contributed by atoms with van der Waals surface area (Å²) in [5.41, 5.74) is 0.862. The van der Waals surface area contributed by atoms with Crippen LogP contribution in [0.1, 0.15) is 5.56 Å². The topological polar surface area (TPSA) is 54.0 Å². The van der Waals surface area contributed by atoms with E-state index in [4.69, 9.17) is 11.6 Å². The third kappa shape index (κ3) is 3.66. The van der Waals surface area contributed by atoms with E-state index < -0.39 is 11.8 Å². The Morgan fingerprint density at radius 1 is 1.26 bits per heavy atom.